The van der Waals surface area contributed by atoms with Crippen molar-refractivity contribution in [2.24, 2.45) is 0 Å². The zero-order valence-corrected chi connectivity index (χ0v) is 13.1. The van der Waals surface area contributed by atoms with Crippen molar-refractivity contribution in [3.63, 3.8) is 0 Å². The predicted octanol–water partition coefficient (Wildman–Crippen LogP) is 3.10. The number of rotatable bonds is 7. The molecule has 0 aliphatic carbocycles. The first-order valence-corrected chi connectivity index (χ1v) is 7.73. The zero-order chi connectivity index (χ0) is 15.1. The number of benzene rings is 1. The van der Waals surface area contributed by atoms with E-state index in [1.54, 1.807) is 7.11 Å². The third kappa shape index (κ3) is 5.30. The molecule has 1 aromatic rings. The van der Waals surface area contributed by atoms with E-state index in [0.717, 1.165) is 31.4 Å². The van der Waals surface area contributed by atoms with Crippen LogP contribution in [0.3, 0.4) is 0 Å². The molecule has 2 atom stereocenters. The van der Waals surface area contributed by atoms with E-state index in [1.165, 1.54) is 0 Å². The third-order valence-corrected chi connectivity index (χ3v) is 3.94. The van der Waals surface area contributed by atoms with E-state index in [9.17, 15) is 4.79 Å². The van der Waals surface area contributed by atoms with Gasteiger partial charge in [-0.15, -0.1) is 0 Å². The van der Waals surface area contributed by atoms with Crippen LogP contribution in [0.2, 0.25) is 5.02 Å². The minimum Gasteiger partial charge on any atom is -0.378 e. The van der Waals surface area contributed by atoms with Crippen LogP contribution in [0.25, 0.3) is 0 Å². The summed E-state index contributed by atoms with van der Waals surface area (Å²) in [5, 5.41) is 3.58. The van der Waals surface area contributed by atoms with Crippen molar-refractivity contribution in [1.82, 2.24) is 5.32 Å². The highest BCUT2D eigenvalue weighted by atomic mass is 35.5. The van der Waals surface area contributed by atoms with Crippen LogP contribution in [0.15, 0.2) is 24.3 Å². The Morgan fingerprint density at radius 2 is 2.43 bits per heavy atom. The molecule has 0 saturated carbocycles. The first-order valence-electron chi connectivity index (χ1n) is 7.35. The van der Waals surface area contributed by atoms with Crippen molar-refractivity contribution in [2.45, 2.75) is 37.9 Å². The fraction of sp³-hybridized carbons (Fsp3) is 0.562. The highest BCUT2D eigenvalue weighted by Gasteiger charge is 2.17. The van der Waals surface area contributed by atoms with E-state index < -0.39 is 0 Å². The van der Waals surface area contributed by atoms with Crippen molar-refractivity contribution < 1.29 is 14.3 Å². The average Bonchev–Trinajstić information content (AvgIpc) is 2.99. The van der Waals surface area contributed by atoms with Crippen molar-refractivity contribution in [3.05, 3.63) is 34.9 Å². The standard InChI is InChI=1S/C16H22ClNO3/c1-20-15(12-4-2-5-13(17)10-12)11-18-16(19)8-7-14-6-3-9-21-14/h2,4-5,10,14-15H,3,6-9,11H2,1H3,(H,18,19)/t14-,15-/m0/s1. The summed E-state index contributed by atoms with van der Waals surface area (Å²) < 4.78 is 10.9. The normalized spacial score (nSPS) is 19.4. The Balaban J connectivity index is 1.75. The van der Waals surface area contributed by atoms with Gasteiger partial charge in [-0.1, -0.05) is 23.7 Å². The van der Waals surface area contributed by atoms with E-state index in [0.29, 0.717) is 18.0 Å². The van der Waals surface area contributed by atoms with Gasteiger partial charge >= 0.3 is 0 Å². The number of amides is 1. The maximum absolute atomic E-state index is 11.9. The number of methoxy groups -OCH3 is 1. The van der Waals surface area contributed by atoms with Crippen LogP contribution in [0, 0.1) is 0 Å². The molecular formula is C16H22ClNO3. The van der Waals surface area contributed by atoms with Crippen LogP contribution in [-0.4, -0.2) is 32.3 Å². The quantitative estimate of drug-likeness (QED) is 0.841. The molecule has 1 N–H and O–H groups in total. The van der Waals surface area contributed by atoms with Crippen LogP contribution in [0.5, 0.6) is 0 Å². The van der Waals surface area contributed by atoms with E-state index >= 15 is 0 Å². The summed E-state index contributed by atoms with van der Waals surface area (Å²) in [4.78, 5) is 11.9. The molecule has 0 bridgehead atoms. The number of carbonyl (C=O) groups excluding carboxylic acids is 1. The molecule has 21 heavy (non-hydrogen) atoms. The Hall–Kier alpha value is -1.10. The first kappa shape index (κ1) is 16.3. The molecule has 0 spiro atoms. The van der Waals surface area contributed by atoms with Gasteiger partial charge < -0.3 is 14.8 Å². The van der Waals surface area contributed by atoms with Crippen LogP contribution in [-0.2, 0) is 14.3 Å². The summed E-state index contributed by atoms with van der Waals surface area (Å²) >= 11 is 5.97. The molecule has 1 aromatic carbocycles. The zero-order valence-electron chi connectivity index (χ0n) is 12.3. The van der Waals surface area contributed by atoms with Crippen LogP contribution < -0.4 is 5.32 Å². The number of hydrogen-bond donors (Lipinski definition) is 1. The molecule has 1 saturated heterocycles. The highest BCUT2D eigenvalue weighted by molar-refractivity contribution is 6.30. The van der Waals surface area contributed by atoms with Crippen molar-refractivity contribution in [3.8, 4) is 0 Å². The SMILES string of the molecule is CO[C@@H](CNC(=O)CC[C@@H]1CCCO1)c1cccc(Cl)c1. The Morgan fingerprint density at radius 3 is 3.10 bits per heavy atom. The summed E-state index contributed by atoms with van der Waals surface area (Å²) in [6, 6.07) is 7.49. The van der Waals surface area contributed by atoms with Gasteiger partial charge in [0.2, 0.25) is 5.91 Å². The molecule has 1 fully saturated rings. The monoisotopic (exact) mass is 311 g/mol. The van der Waals surface area contributed by atoms with Crippen molar-refractivity contribution in [1.29, 1.82) is 0 Å². The molecule has 5 heteroatoms. The lowest BCUT2D eigenvalue weighted by molar-refractivity contribution is -0.122. The van der Waals surface area contributed by atoms with Crippen LogP contribution in [0.1, 0.15) is 37.4 Å². The van der Waals surface area contributed by atoms with Gasteiger partial charge in [0.15, 0.2) is 0 Å². The molecule has 1 amide bonds. The van der Waals surface area contributed by atoms with E-state index in [4.69, 9.17) is 21.1 Å². The molecule has 4 nitrogen and oxygen atoms in total. The smallest absolute Gasteiger partial charge is 0.220 e. The summed E-state index contributed by atoms with van der Waals surface area (Å²) in [6.07, 6.45) is 3.53. The average molecular weight is 312 g/mol. The van der Waals surface area contributed by atoms with Crippen molar-refractivity contribution >= 4 is 17.5 Å². The first-order chi connectivity index (χ1) is 10.2. The molecular weight excluding hydrogens is 290 g/mol. The second-order valence-corrected chi connectivity index (χ2v) is 5.69. The Bertz CT molecular complexity index is 461. The molecule has 116 valence electrons. The Labute approximate surface area is 130 Å². The predicted molar refractivity (Wildman–Crippen MR) is 82.4 cm³/mol. The highest BCUT2D eigenvalue weighted by Crippen LogP contribution is 2.20. The third-order valence-electron chi connectivity index (χ3n) is 3.71. The molecule has 0 aromatic heterocycles. The molecule has 2 rings (SSSR count). The van der Waals surface area contributed by atoms with Gasteiger partial charge in [0.05, 0.1) is 12.2 Å². The lowest BCUT2D eigenvalue weighted by Crippen LogP contribution is -2.29. The lowest BCUT2D eigenvalue weighted by Gasteiger charge is -2.17. The van der Waals surface area contributed by atoms with Gasteiger partial charge in [-0.05, 0) is 37.0 Å². The van der Waals surface area contributed by atoms with Crippen molar-refractivity contribution in [2.75, 3.05) is 20.3 Å². The second-order valence-electron chi connectivity index (χ2n) is 5.26. The minimum atomic E-state index is -0.185. The lowest BCUT2D eigenvalue weighted by atomic mass is 10.1. The van der Waals surface area contributed by atoms with E-state index in [2.05, 4.69) is 5.32 Å². The fourth-order valence-electron chi connectivity index (χ4n) is 2.50. The fourth-order valence-corrected chi connectivity index (χ4v) is 2.70. The maximum Gasteiger partial charge on any atom is 0.220 e. The molecule has 1 aliphatic rings. The van der Waals surface area contributed by atoms with Gasteiger partial charge in [-0.2, -0.15) is 0 Å². The summed E-state index contributed by atoms with van der Waals surface area (Å²) in [5.41, 5.74) is 0.962. The van der Waals surface area contributed by atoms with E-state index in [-0.39, 0.29) is 18.1 Å². The Morgan fingerprint density at radius 1 is 1.57 bits per heavy atom. The summed E-state index contributed by atoms with van der Waals surface area (Å²) in [6.45, 7) is 1.27. The molecule has 1 heterocycles. The van der Waals surface area contributed by atoms with E-state index in [1.807, 2.05) is 24.3 Å². The number of nitrogens with one attached hydrogen (secondary N) is 1. The van der Waals surface area contributed by atoms with Gasteiger partial charge in [-0.3, -0.25) is 4.79 Å². The number of hydrogen-bond acceptors (Lipinski definition) is 3. The second kappa shape index (κ2) is 8.37. The van der Waals surface area contributed by atoms with Gasteiger partial charge in [0.1, 0.15) is 0 Å². The Kier molecular flexibility index (Phi) is 6.49. The largest absolute Gasteiger partial charge is 0.378 e. The van der Waals surface area contributed by atoms with Crippen LogP contribution in [0.4, 0.5) is 0 Å². The van der Waals surface area contributed by atoms with Gasteiger partial charge in [0.25, 0.3) is 0 Å². The molecule has 0 radical (unpaired) electrons. The summed E-state index contributed by atoms with van der Waals surface area (Å²) in [5.74, 6) is 0.0366. The van der Waals surface area contributed by atoms with Gasteiger partial charge in [0, 0.05) is 31.7 Å². The minimum absolute atomic E-state index is 0.0366. The maximum atomic E-state index is 11.9. The topological polar surface area (TPSA) is 47.6 Å². The number of ether oxygens (including phenoxy) is 2. The number of carbonyl (C=O) groups is 1. The molecule has 1 aliphatic heterocycles. The van der Waals surface area contributed by atoms with Crippen LogP contribution >= 0.6 is 11.6 Å². The van der Waals surface area contributed by atoms with Gasteiger partial charge in [-0.25, -0.2) is 0 Å². The number of halogens is 1. The molecule has 0 unspecified atom stereocenters. The summed E-state index contributed by atoms with van der Waals surface area (Å²) in [7, 11) is 1.63.